The zero-order chi connectivity index (χ0) is 20.8. The van der Waals surface area contributed by atoms with Gasteiger partial charge < -0.3 is 18.9 Å². The Kier molecular flexibility index (Phi) is 21.0. The van der Waals surface area contributed by atoms with E-state index in [9.17, 15) is 27.3 Å². The average Bonchev–Trinajstić information content (AvgIpc) is 2.62. The minimum absolute atomic E-state index is 0. The van der Waals surface area contributed by atoms with Crippen molar-refractivity contribution in [3.8, 4) is 11.1 Å². The van der Waals surface area contributed by atoms with Gasteiger partial charge in [0.05, 0.1) is 4.99 Å². The third-order valence-electron chi connectivity index (χ3n) is 4.66. The molecule has 0 spiro atoms. The molecule has 0 aromatic heterocycles. The molecule has 0 N–H and O–H groups in total. The molecule has 0 saturated heterocycles. The first kappa shape index (κ1) is 36.6. The summed E-state index contributed by atoms with van der Waals surface area (Å²) in [5.74, 6) is 0. The van der Waals surface area contributed by atoms with Gasteiger partial charge in [-0.25, -0.2) is 8.42 Å². The zero-order valence-electron chi connectivity index (χ0n) is 18.7. The van der Waals surface area contributed by atoms with Gasteiger partial charge in [-0.15, -0.1) is 0 Å². The largest absolute Gasteiger partial charge is 1.00 e. The van der Waals surface area contributed by atoms with E-state index in [0.717, 1.165) is 36.0 Å². The molecule has 0 fully saturated rings. The summed E-state index contributed by atoms with van der Waals surface area (Å²) in [7, 11) is -10.6. The Balaban J connectivity index is 0. The van der Waals surface area contributed by atoms with Gasteiger partial charge in [0.15, 0.2) is 0 Å². The number of rotatable bonds is 10. The fraction of sp³-hybridized carbons (Fsp3) is 0.400. The van der Waals surface area contributed by atoms with Crippen molar-refractivity contribution in [3.05, 3.63) is 59.7 Å². The maximum Gasteiger partial charge on any atom is 1.00 e. The van der Waals surface area contributed by atoms with E-state index in [4.69, 9.17) is 0 Å². The minimum atomic E-state index is -5.48. The SMILES string of the molecule is CCCCc1ccc(-c2ccc(CCCC(P(=O)([O-])[O-])S(=O)(=O)[O-])cc2)cc1.[K+].[K+].[K+]. The van der Waals surface area contributed by atoms with Gasteiger partial charge in [-0.2, -0.15) is 0 Å². The fourth-order valence-electron chi connectivity index (χ4n) is 3.05. The van der Waals surface area contributed by atoms with Crippen molar-refractivity contribution in [2.45, 2.75) is 50.4 Å². The summed E-state index contributed by atoms with van der Waals surface area (Å²) in [4.78, 5) is 19.6. The van der Waals surface area contributed by atoms with Crippen molar-refractivity contribution < 1.29 is 181 Å². The van der Waals surface area contributed by atoms with Crippen LogP contribution in [0.25, 0.3) is 11.1 Å². The molecular formula is C20H24K3O6PS. The molecule has 1 unspecified atom stereocenters. The summed E-state index contributed by atoms with van der Waals surface area (Å²) in [5.41, 5.74) is 4.30. The van der Waals surface area contributed by atoms with Crippen LogP contribution in [-0.4, -0.2) is 18.0 Å². The molecular weight excluding hydrogens is 517 g/mol. The number of hydrogen-bond acceptors (Lipinski definition) is 6. The molecule has 0 aliphatic rings. The first-order chi connectivity index (χ1) is 13.1. The van der Waals surface area contributed by atoms with Gasteiger partial charge in [-0.05, 0) is 54.4 Å². The maximum absolute atomic E-state index is 11.0. The second kappa shape index (κ2) is 17.8. The molecule has 31 heavy (non-hydrogen) atoms. The van der Waals surface area contributed by atoms with Crippen molar-refractivity contribution in [3.63, 3.8) is 0 Å². The van der Waals surface area contributed by atoms with Crippen molar-refractivity contribution in [2.75, 3.05) is 0 Å². The molecule has 2 aromatic rings. The maximum atomic E-state index is 11.0. The molecule has 0 aliphatic carbocycles. The van der Waals surface area contributed by atoms with Crippen LogP contribution in [0, 0.1) is 0 Å². The Morgan fingerprint density at radius 3 is 1.52 bits per heavy atom. The number of benzene rings is 2. The zero-order valence-corrected chi connectivity index (χ0v) is 29.8. The summed E-state index contributed by atoms with van der Waals surface area (Å²) in [6.07, 6.45) is 3.39. The monoisotopic (exact) mass is 540 g/mol. The average molecular weight is 541 g/mol. The molecule has 0 aliphatic heterocycles. The van der Waals surface area contributed by atoms with Gasteiger partial charge in [0.2, 0.25) is 0 Å². The molecule has 1 atom stereocenters. The molecule has 0 bridgehead atoms. The van der Waals surface area contributed by atoms with Crippen LogP contribution in [-0.2, 0) is 27.5 Å². The van der Waals surface area contributed by atoms with Crippen molar-refractivity contribution in [2.24, 2.45) is 0 Å². The van der Waals surface area contributed by atoms with E-state index < -0.39 is 29.1 Å². The van der Waals surface area contributed by atoms with Crippen LogP contribution in [0.2, 0.25) is 0 Å². The van der Waals surface area contributed by atoms with Gasteiger partial charge >= 0.3 is 154 Å². The van der Waals surface area contributed by atoms with Crippen LogP contribution in [0.1, 0.15) is 43.7 Å². The Labute approximate surface area is 313 Å². The van der Waals surface area contributed by atoms with Crippen molar-refractivity contribution in [1.29, 1.82) is 0 Å². The smallest absolute Gasteiger partial charge is 0.810 e. The van der Waals surface area contributed by atoms with Gasteiger partial charge in [0.1, 0.15) is 10.1 Å². The summed E-state index contributed by atoms with van der Waals surface area (Å²) >= 11 is 0. The van der Waals surface area contributed by atoms with E-state index in [1.807, 2.05) is 24.3 Å². The molecule has 0 radical (unpaired) electrons. The van der Waals surface area contributed by atoms with Gasteiger partial charge in [-0.1, -0.05) is 69.5 Å². The summed E-state index contributed by atoms with van der Waals surface area (Å²) in [6.45, 7) is 2.16. The van der Waals surface area contributed by atoms with Gasteiger partial charge in [0.25, 0.3) is 0 Å². The van der Waals surface area contributed by atoms with Crippen LogP contribution in [0.5, 0.6) is 0 Å². The van der Waals surface area contributed by atoms with E-state index in [1.165, 1.54) is 5.56 Å². The molecule has 154 valence electrons. The van der Waals surface area contributed by atoms with Crippen LogP contribution in [0.3, 0.4) is 0 Å². The Morgan fingerprint density at radius 1 is 0.806 bits per heavy atom. The van der Waals surface area contributed by atoms with E-state index in [2.05, 4.69) is 31.2 Å². The second-order valence-electron chi connectivity index (χ2n) is 6.88. The Hall–Kier alpha value is 3.41. The summed E-state index contributed by atoms with van der Waals surface area (Å²) in [5, 5.41) is 0. The number of aryl methyl sites for hydroxylation is 2. The van der Waals surface area contributed by atoms with E-state index in [1.54, 1.807) is 0 Å². The quantitative estimate of drug-likeness (QED) is 0.168. The van der Waals surface area contributed by atoms with Crippen LogP contribution in [0.15, 0.2) is 48.5 Å². The van der Waals surface area contributed by atoms with E-state index in [-0.39, 0.29) is 161 Å². The van der Waals surface area contributed by atoms with Gasteiger partial charge in [-0.3, -0.25) is 0 Å². The predicted octanol–water partition coefficient (Wildman–Crippen LogP) is -6.18. The second-order valence-corrected chi connectivity index (χ2v) is 10.5. The predicted molar refractivity (Wildman–Crippen MR) is 105 cm³/mol. The topological polar surface area (TPSA) is 120 Å². The summed E-state index contributed by atoms with van der Waals surface area (Å²) < 4.78 is 43.9. The molecule has 0 saturated carbocycles. The molecule has 2 rings (SSSR count). The normalized spacial score (nSPS) is 12.1. The van der Waals surface area contributed by atoms with Crippen LogP contribution in [0.4, 0.5) is 0 Å². The summed E-state index contributed by atoms with van der Waals surface area (Å²) in [6, 6.07) is 16.0. The first-order valence-electron chi connectivity index (χ1n) is 9.26. The Morgan fingerprint density at radius 2 is 1.19 bits per heavy atom. The van der Waals surface area contributed by atoms with E-state index >= 15 is 0 Å². The third-order valence-corrected chi connectivity index (χ3v) is 8.08. The molecule has 2 aromatic carbocycles. The minimum Gasteiger partial charge on any atom is -0.810 e. The third kappa shape index (κ3) is 13.5. The van der Waals surface area contributed by atoms with Crippen LogP contribution < -0.4 is 164 Å². The van der Waals surface area contributed by atoms with Crippen molar-refractivity contribution in [1.82, 2.24) is 0 Å². The van der Waals surface area contributed by atoms with Gasteiger partial charge in [0, 0.05) is 0 Å². The fourth-order valence-corrected chi connectivity index (χ4v) is 5.27. The molecule has 6 nitrogen and oxygen atoms in total. The molecule has 0 amide bonds. The van der Waals surface area contributed by atoms with Crippen molar-refractivity contribution >= 4 is 17.7 Å². The standard InChI is InChI=1S/C20H27O6PS.3K/c1-2-3-5-16-8-12-18(13-9-16)19-14-10-17(11-15-19)6-4-7-20(27(21,22)23)28(24,25)26;;;/h8-15,20H,2-7H2,1H3,(H2,21,22,23)(H,24,25,26);;;/q;3*+1/p-3. The number of hydrogen-bond donors (Lipinski definition) is 0. The van der Waals surface area contributed by atoms with Crippen LogP contribution >= 0.6 is 7.60 Å². The first-order valence-corrected chi connectivity index (χ1v) is 12.3. The molecule has 11 heteroatoms. The van der Waals surface area contributed by atoms with E-state index in [0.29, 0.717) is 6.42 Å². The number of unbranched alkanes of at least 4 members (excludes halogenated alkanes) is 1. The molecule has 0 heterocycles. The Bertz CT molecular complexity index is 915.